The normalized spacial score (nSPS) is 11.0. The molecule has 5 heteroatoms. The van der Waals surface area contributed by atoms with E-state index in [0.29, 0.717) is 0 Å². The van der Waals surface area contributed by atoms with E-state index < -0.39 is 0 Å². The Kier molecular flexibility index (Phi) is 5.33. The van der Waals surface area contributed by atoms with Gasteiger partial charge in [0, 0.05) is 26.9 Å². The van der Waals surface area contributed by atoms with Crippen molar-refractivity contribution in [2.45, 2.75) is 16.2 Å². The molecule has 1 heterocycles. The van der Waals surface area contributed by atoms with Crippen molar-refractivity contribution in [1.82, 2.24) is 10.3 Å². The first-order valence-electron chi connectivity index (χ1n) is 7.90. The third-order valence-electron chi connectivity index (χ3n) is 3.98. The Bertz CT molecular complexity index is 829. The Hall–Kier alpha value is -2.11. The second kappa shape index (κ2) is 7.64. The van der Waals surface area contributed by atoms with Crippen LogP contribution < -0.4 is 14.8 Å². The van der Waals surface area contributed by atoms with Gasteiger partial charge in [-0.15, -0.1) is 0 Å². The van der Waals surface area contributed by atoms with Crippen molar-refractivity contribution < 1.29 is 9.47 Å². The summed E-state index contributed by atoms with van der Waals surface area (Å²) in [6.07, 6.45) is 3.00. The molecule has 0 radical (unpaired) electrons. The molecule has 0 fully saturated rings. The number of para-hydroxylation sites is 1. The molecule has 0 bridgehead atoms. The zero-order valence-electron chi connectivity index (χ0n) is 14.2. The van der Waals surface area contributed by atoms with Gasteiger partial charge >= 0.3 is 0 Å². The molecule has 1 aromatic heterocycles. The number of rotatable bonds is 7. The summed E-state index contributed by atoms with van der Waals surface area (Å²) in [4.78, 5) is 5.73. The Labute approximate surface area is 146 Å². The minimum absolute atomic E-state index is 0.757. The Morgan fingerprint density at radius 1 is 1.04 bits per heavy atom. The van der Waals surface area contributed by atoms with Gasteiger partial charge in [-0.3, -0.25) is 0 Å². The van der Waals surface area contributed by atoms with Gasteiger partial charge < -0.3 is 19.8 Å². The first kappa shape index (κ1) is 16.7. The molecule has 0 saturated heterocycles. The van der Waals surface area contributed by atoms with Crippen LogP contribution >= 0.6 is 11.8 Å². The predicted molar refractivity (Wildman–Crippen MR) is 99.6 cm³/mol. The minimum atomic E-state index is 0.757. The van der Waals surface area contributed by atoms with Crippen molar-refractivity contribution in [3.8, 4) is 11.5 Å². The van der Waals surface area contributed by atoms with Crippen molar-refractivity contribution in [2.24, 2.45) is 0 Å². The highest BCUT2D eigenvalue weighted by molar-refractivity contribution is 7.99. The summed E-state index contributed by atoms with van der Waals surface area (Å²) in [5.74, 6) is 1.53. The summed E-state index contributed by atoms with van der Waals surface area (Å²) in [5, 5.41) is 4.44. The van der Waals surface area contributed by atoms with E-state index in [-0.39, 0.29) is 0 Å². The van der Waals surface area contributed by atoms with Crippen molar-refractivity contribution in [1.29, 1.82) is 0 Å². The van der Waals surface area contributed by atoms with Crippen LogP contribution in [0.15, 0.2) is 52.4 Å². The van der Waals surface area contributed by atoms with Gasteiger partial charge in [0.2, 0.25) is 0 Å². The van der Waals surface area contributed by atoms with Crippen molar-refractivity contribution >= 4 is 22.7 Å². The van der Waals surface area contributed by atoms with E-state index >= 15 is 0 Å². The molecule has 3 rings (SSSR count). The monoisotopic (exact) mass is 342 g/mol. The van der Waals surface area contributed by atoms with Crippen LogP contribution in [-0.4, -0.2) is 32.8 Å². The molecule has 24 heavy (non-hydrogen) atoms. The lowest BCUT2D eigenvalue weighted by atomic mass is 10.1. The molecular weight excluding hydrogens is 320 g/mol. The molecule has 126 valence electrons. The molecule has 0 atom stereocenters. The average molecular weight is 342 g/mol. The lowest BCUT2D eigenvalue weighted by Gasteiger charge is -2.14. The summed E-state index contributed by atoms with van der Waals surface area (Å²) < 4.78 is 10.9. The number of aromatic amines is 1. The largest absolute Gasteiger partial charge is 0.493 e. The number of methoxy groups -OCH3 is 2. The highest BCUT2D eigenvalue weighted by Gasteiger charge is 2.14. The molecule has 0 amide bonds. The fourth-order valence-corrected chi connectivity index (χ4v) is 3.80. The second-order valence-corrected chi connectivity index (χ2v) is 6.55. The zero-order valence-corrected chi connectivity index (χ0v) is 15.0. The maximum Gasteiger partial charge on any atom is 0.161 e. The van der Waals surface area contributed by atoms with Crippen molar-refractivity contribution in [2.75, 3.05) is 27.8 Å². The number of ether oxygens (including phenoxy) is 2. The SMILES string of the molecule is CNCCc1cc(OC)c(OC)cc1Sc1c[nH]c2ccccc12. The van der Waals surface area contributed by atoms with E-state index in [9.17, 15) is 0 Å². The van der Waals surface area contributed by atoms with Gasteiger partial charge in [-0.25, -0.2) is 0 Å². The average Bonchev–Trinajstić information content (AvgIpc) is 3.03. The standard InChI is InChI=1S/C19H22N2O2S/c1-20-9-8-13-10-16(22-2)17(23-3)11-18(13)24-19-12-21-15-7-5-4-6-14(15)19/h4-7,10-12,20-21H,8-9H2,1-3H3. The third-order valence-corrected chi connectivity index (χ3v) is 5.14. The molecule has 0 saturated carbocycles. The van der Waals surface area contributed by atoms with Gasteiger partial charge in [0.05, 0.1) is 14.2 Å². The van der Waals surface area contributed by atoms with Crippen LogP contribution in [0, 0.1) is 0 Å². The highest BCUT2D eigenvalue weighted by Crippen LogP contribution is 2.40. The molecule has 0 aliphatic rings. The number of H-pyrrole nitrogens is 1. The topological polar surface area (TPSA) is 46.3 Å². The Morgan fingerprint density at radius 2 is 1.79 bits per heavy atom. The second-order valence-electron chi connectivity index (χ2n) is 5.47. The van der Waals surface area contributed by atoms with Crippen molar-refractivity contribution in [3.05, 3.63) is 48.2 Å². The smallest absolute Gasteiger partial charge is 0.161 e. The summed E-state index contributed by atoms with van der Waals surface area (Å²) >= 11 is 1.75. The van der Waals surface area contributed by atoms with E-state index in [4.69, 9.17) is 9.47 Å². The van der Waals surface area contributed by atoms with Crippen LogP contribution in [0.5, 0.6) is 11.5 Å². The van der Waals surface area contributed by atoms with Gasteiger partial charge in [-0.1, -0.05) is 30.0 Å². The van der Waals surface area contributed by atoms with Crippen LogP contribution in [0.1, 0.15) is 5.56 Å². The number of hydrogen-bond donors (Lipinski definition) is 2. The van der Waals surface area contributed by atoms with Crippen LogP contribution in [0.25, 0.3) is 10.9 Å². The van der Waals surface area contributed by atoms with Gasteiger partial charge in [0.1, 0.15) is 0 Å². The molecule has 2 N–H and O–H groups in total. The van der Waals surface area contributed by atoms with Gasteiger partial charge in [0.25, 0.3) is 0 Å². The Morgan fingerprint density at radius 3 is 2.54 bits per heavy atom. The summed E-state index contributed by atoms with van der Waals surface area (Å²) in [6, 6.07) is 12.5. The highest BCUT2D eigenvalue weighted by atomic mass is 32.2. The first-order valence-corrected chi connectivity index (χ1v) is 8.72. The van der Waals surface area contributed by atoms with Crippen LogP contribution in [-0.2, 0) is 6.42 Å². The van der Waals surface area contributed by atoms with E-state index in [1.807, 2.05) is 13.1 Å². The van der Waals surface area contributed by atoms with Crippen LogP contribution in [0.2, 0.25) is 0 Å². The van der Waals surface area contributed by atoms with Crippen molar-refractivity contribution in [3.63, 3.8) is 0 Å². The fourth-order valence-electron chi connectivity index (χ4n) is 2.70. The quantitative estimate of drug-likeness (QED) is 0.679. The molecule has 0 aliphatic carbocycles. The number of aromatic nitrogens is 1. The van der Waals surface area contributed by atoms with Gasteiger partial charge in [-0.05, 0) is 43.8 Å². The minimum Gasteiger partial charge on any atom is -0.493 e. The molecule has 0 unspecified atom stereocenters. The number of benzene rings is 2. The third kappa shape index (κ3) is 3.37. The zero-order chi connectivity index (χ0) is 16.9. The van der Waals surface area contributed by atoms with E-state index in [0.717, 1.165) is 30.0 Å². The maximum atomic E-state index is 5.48. The molecule has 3 aromatic rings. The first-order chi connectivity index (χ1) is 11.8. The summed E-state index contributed by atoms with van der Waals surface area (Å²) in [7, 11) is 5.31. The maximum absolute atomic E-state index is 5.48. The molecule has 2 aromatic carbocycles. The van der Waals surface area contributed by atoms with E-state index in [1.165, 1.54) is 20.7 Å². The molecular formula is C19H22N2O2S. The lowest BCUT2D eigenvalue weighted by Crippen LogP contribution is -2.11. The summed E-state index contributed by atoms with van der Waals surface area (Å²) in [6.45, 7) is 0.914. The van der Waals surface area contributed by atoms with Crippen LogP contribution in [0.3, 0.4) is 0 Å². The number of fused-ring (bicyclic) bond motifs is 1. The van der Waals surface area contributed by atoms with Crippen LogP contribution in [0.4, 0.5) is 0 Å². The van der Waals surface area contributed by atoms with E-state index in [1.54, 1.807) is 26.0 Å². The fraction of sp³-hybridized carbons (Fsp3) is 0.263. The Balaban J connectivity index is 2.01. The summed E-state index contributed by atoms with van der Waals surface area (Å²) in [5.41, 5.74) is 2.40. The predicted octanol–water partition coefficient (Wildman–Crippen LogP) is 4.10. The number of likely N-dealkylation sites (N-methyl/N-ethyl adjacent to an activating group) is 1. The van der Waals surface area contributed by atoms with Gasteiger partial charge in [0.15, 0.2) is 11.5 Å². The van der Waals surface area contributed by atoms with Gasteiger partial charge in [-0.2, -0.15) is 0 Å². The molecule has 4 nitrogen and oxygen atoms in total. The lowest BCUT2D eigenvalue weighted by molar-refractivity contribution is 0.353. The number of nitrogens with one attached hydrogen (secondary N) is 2. The number of hydrogen-bond acceptors (Lipinski definition) is 4. The molecule has 0 aliphatic heterocycles. The molecule has 0 spiro atoms. The van der Waals surface area contributed by atoms with E-state index in [2.05, 4.69) is 46.8 Å².